The van der Waals surface area contributed by atoms with Gasteiger partial charge in [0.2, 0.25) is 0 Å². The molecule has 2 heteroatoms. The Balaban J connectivity index is 1.66. The van der Waals surface area contributed by atoms with Gasteiger partial charge in [-0.25, -0.2) is 0 Å². The monoisotopic (exact) mass is 245 g/mol. The molecule has 98 valence electrons. The van der Waals surface area contributed by atoms with Crippen LogP contribution < -0.4 is 5.32 Å². The second-order valence-electron chi connectivity index (χ2n) is 5.80. The predicted octanol–water partition coefficient (Wildman–Crippen LogP) is 2.69. The van der Waals surface area contributed by atoms with Gasteiger partial charge in [-0.05, 0) is 43.7 Å². The minimum absolute atomic E-state index is 0.639. The minimum Gasteiger partial charge on any atom is -0.381 e. The minimum atomic E-state index is 0.639. The molecule has 1 aliphatic carbocycles. The van der Waals surface area contributed by atoms with Crippen LogP contribution >= 0.6 is 0 Å². The van der Waals surface area contributed by atoms with Crippen molar-refractivity contribution in [3.8, 4) is 0 Å². The quantitative estimate of drug-likeness (QED) is 0.880. The summed E-state index contributed by atoms with van der Waals surface area (Å²) in [5.41, 5.74) is 2.89. The summed E-state index contributed by atoms with van der Waals surface area (Å²) >= 11 is 0. The molecule has 2 aliphatic rings. The molecule has 0 bridgehead atoms. The first-order valence-electron chi connectivity index (χ1n) is 7.21. The van der Waals surface area contributed by atoms with Crippen LogP contribution in [0.4, 0.5) is 0 Å². The maximum Gasteiger partial charge on any atom is 0.0512 e. The van der Waals surface area contributed by atoms with Crippen molar-refractivity contribution in [2.45, 2.75) is 44.7 Å². The highest BCUT2D eigenvalue weighted by Gasteiger charge is 2.31. The van der Waals surface area contributed by atoms with Crippen molar-refractivity contribution in [3.05, 3.63) is 35.4 Å². The van der Waals surface area contributed by atoms with Crippen LogP contribution in [-0.2, 0) is 11.2 Å². The van der Waals surface area contributed by atoms with E-state index in [4.69, 9.17) is 4.74 Å². The Morgan fingerprint density at radius 2 is 2.06 bits per heavy atom. The largest absolute Gasteiger partial charge is 0.381 e. The summed E-state index contributed by atoms with van der Waals surface area (Å²) < 4.78 is 5.69. The van der Waals surface area contributed by atoms with E-state index in [2.05, 4.69) is 36.5 Å². The van der Waals surface area contributed by atoms with E-state index in [9.17, 15) is 0 Å². The van der Waals surface area contributed by atoms with E-state index in [1.54, 1.807) is 0 Å². The molecular formula is C16H23NO. The third kappa shape index (κ3) is 2.93. The van der Waals surface area contributed by atoms with Gasteiger partial charge < -0.3 is 10.1 Å². The SMILES string of the molecule is Cc1ccccc1CC1COCCC1NC1CC1. The fourth-order valence-corrected chi connectivity index (χ4v) is 2.89. The molecular weight excluding hydrogens is 222 g/mol. The topological polar surface area (TPSA) is 21.3 Å². The molecule has 18 heavy (non-hydrogen) atoms. The number of ether oxygens (including phenoxy) is 1. The van der Waals surface area contributed by atoms with Crippen molar-refractivity contribution >= 4 is 0 Å². The van der Waals surface area contributed by atoms with Gasteiger partial charge in [-0.15, -0.1) is 0 Å². The van der Waals surface area contributed by atoms with Crippen LogP contribution in [0.25, 0.3) is 0 Å². The zero-order valence-electron chi connectivity index (χ0n) is 11.2. The van der Waals surface area contributed by atoms with E-state index in [0.717, 1.165) is 25.7 Å². The fourth-order valence-electron chi connectivity index (χ4n) is 2.89. The standard InChI is InChI=1S/C16H23NO/c1-12-4-2-3-5-13(12)10-14-11-18-9-8-16(14)17-15-6-7-15/h2-5,14-17H,6-11H2,1H3. The fraction of sp³-hybridized carbons (Fsp3) is 0.625. The van der Waals surface area contributed by atoms with Crippen LogP contribution in [0.15, 0.2) is 24.3 Å². The van der Waals surface area contributed by atoms with Crippen LogP contribution in [0.2, 0.25) is 0 Å². The van der Waals surface area contributed by atoms with Gasteiger partial charge in [0, 0.05) is 24.6 Å². The van der Waals surface area contributed by atoms with Crippen LogP contribution in [0.3, 0.4) is 0 Å². The molecule has 2 nitrogen and oxygen atoms in total. The molecule has 1 aromatic rings. The van der Waals surface area contributed by atoms with Gasteiger partial charge in [-0.2, -0.15) is 0 Å². The molecule has 2 fully saturated rings. The lowest BCUT2D eigenvalue weighted by Gasteiger charge is -2.33. The Labute approximate surface area is 110 Å². The van der Waals surface area contributed by atoms with Crippen molar-refractivity contribution in [3.63, 3.8) is 0 Å². The Kier molecular flexibility index (Phi) is 3.67. The summed E-state index contributed by atoms with van der Waals surface area (Å²) in [7, 11) is 0. The van der Waals surface area contributed by atoms with E-state index < -0.39 is 0 Å². The molecule has 1 N–H and O–H groups in total. The Bertz CT molecular complexity index is 400. The second-order valence-corrected chi connectivity index (χ2v) is 5.80. The second kappa shape index (κ2) is 5.41. The number of benzene rings is 1. The van der Waals surface area contributed by atoms with Crippen LogP contribution in [0, 0.1) is 12.8 Å². The van der Waals surface area contributed by atoms with Crippen molar-refractivity contribution in [2.75, 3.05) is 13.2 Å². The van der Waals surface area contributed by atoms with E-state index >= 15 is 0 Å². The molecule has 1 heterocycles. The Hall–Kier alpha value is -0.860. The molecule has 0 amide bonds. The summed E-state index contributed by atoms with van der Waals surface area (Å²) in [6.45, 7) is 4.05. The first-order chi connectivity index (χ1) is 8.83. The van der Waals surface area contributed by atoms with Crippen molar-refractivity contribution in [1.82, 2.24) is 5.32 Å². The molecule has 1 aromatic carbocycles. The third-order valence-corrected chi connectivity index (χ3v) is 4.24. The van der Waals surface area contributed by atoms with Gasteiger partial charge in [-0.1, -0.05) is 24.3 Å². The van der Waals surface area contributed by atoms with Crippen LogP contribution in [-0.4, -0.2) is 25.3 Å². The zero-order chi connectivity index (χ0) is 12.4. The zero-order valence-corrected chi connectivity index (χ0v) is 11.2. The number of hydrogen-bond donors (Lipinski definition) is 1. The highest BCUT2D eigenvalue weighted by molar-refractivity contribution is 5.26. The lowest BCUT2D eigenvalue weighted by atomic mass is 9.88. The third-order valence-electron chi connectivity index (χ3n) is 4.24. The highest BCUT2D eigenvalue weighted by Crippen LogP contribution is 2.26. The van der Waals surface area contributed by atoms with E-state index in [-0.39, 0.29) is 0 Å². The van der Waals surface area contributed by atoms with Crippen LogP contribution in [0.1, 0.15) is 30.4 Å². The van der Waals surface area contributed by atoms with Crippen molar-refractivity contribution in [1.29, 1.82) is 0 Å². The predicted molar refractivity (Wildman–Crippen MR) is 73.8 cm³/mol. The lowest BCUT2D eigenvalue weighted by Crippen LogP contribution is -2.44. The normalized spacial score (nSPS) is 28.3. The first-order valence-corrected chi connectivity index (χ1v) is 7.21. The molecule has 1 saturated heterocycles. The molecule has 2 atom stereocenters. The summed E-state index contributed by atoms with van der Waals surface area (Å²) in [6.07, 6.45) is 5.06. The Morgan fingerprint density at radius 1 is 1.22 bits per heavy atom. The summed E-state index contributed by atoms with van der Waals surface area (Å²) in [5, 5.41) is 3.80. The van der Waals surface area contributed by atoms with Gasteiger partial charge in [-0.3, -0.25) is 0 Å². The number of rotatable bonds is 4. The van der Waals surface area contributed by atoms with E-state index in [0.29, 0.717) is 12.0 Å². The van der Waals surface area contributed by atoms with Gasteiger partial charge in [0.15, 0.2) is 0 Å². The molecule has 0 radical (unpaired) electrons. The van der Waals surface area contributed by atoms with Gasteiger partial charge in [0.25, 0.3) is 0 Å². The Morgan fingerprint density at radius 3 is 2.83 bits per heavy atom. The van der Waals surface area contributed by atoms with Crippen LogP contribution in [0.5, 0.6) is 0 Å². The smallest absolute Gasteiger partial charge is 0.0512 e. The number of aryl methyl sites for hydroxylation is 1. The average molecular weight is 245 g/mol. The van der Waals surface area contributed by atoms with Gasteiger partial charge in [0.05, 0.1) is 6.61 Å². The lowest BCUT2D eigenvalue weighted by molar-refractivity contribution is 0.0316. The van der Waals surface area contributed by atoms with E-state index in [1.807, 2.05) is 0 Å². The first kappa shape index (κ1) is 12.2. The van der Waals surface area contributed by atoms with Gasteiger partial charge >= 0.3 is 0 Å². The highest BCUT2D eigenvalue weighted by atomic mass is 16.5. The molecule has 3 rings (SSSR count). The van der Waals surface area contributed by atoms with Gasteiger partial charge in [0.1, 0.15) is 0 Å². The number of hydrogen-bond acceptors (Lipinski definition) is 2. The molecule has 0 aromatic heterocycles. The van der Waals surface area contributed by atoms with Crippen molar-refractivity contribution < 1.29 is 4.74 Å². The average Bonchev–Trinajstić information content (AvgIpc) is 3.18. The molecule has 2 unspecified atom stereocenters. The summed E-state index contributed by atoms with van der Waals surface area (Å²) in [4.78, 5) is 0. The maximum atomic E-state index is 5.69. The molecule has 0 spiro atoms. The van der Waals surface area contributed by atoms with E-state index in [1.165, 1.54) is 30.4 Å². The maximum absolute atomic E-state index is 5.69. The van der Waals surface area contributed by atoms with Crippen molar-refractivity contribution in [2.24, 2.45) is 5.92 Å². The summed E-state index contributed by atoms with van der Waals surface area (Å²) in [5.74, 6) is 0.639. The molecule has 1 aliphatic heterocycles. The number of nitrogens with one attached hydrogen (secondary N) is 1. The molecule has 1 saturated carbocycles. The summed E-state index contributed by atoms with van der Waals surface area (Å²) in [6, 6.07) is 10.2.